The lowest BCUT2D eigenvalue weighted by Gasteiger charge is -2.09. The summed E-state index contributed by atoms with van der Waals surface area (Å²) in [5.41, 5.74) is 0.612. The minimum atomic E-state index is -0.277. The van der Waals surface area contributed by atoms with Gasteiger partial charge in [-0.3, -0.25) is 4.79 Å². The van der Waals surface area contributed by atoms with Crippen LogP contribution in [0.3, 0.4) is 0 Å². The molecule has 2 N–H and O–H groups in total. The summed E-state index contributed by atoms with van der Waals surface area (Å²) in [5.74, 6) is 0.308. The predicted molar refractivity (Wildman–Crippen MR) is 69.2 cm³/mol. The molecule has 0 spiro atoms. The molecule has 2 rings (SSSR count). The van der Waals surface area contributed by atoms with Gasteiger partial charge in [-0.15, -0.1) is 10.2 Å². The SMILES string of the molecule is CC(NC(=O)c1ccc(I)cc1)c1nn[nH]n1. The van der Waals surface area contributed by atoms with Crippen molar-refractivity contribution < 1.29 is 4.79 Å². The van der Waals surface area contributed by atoms with E-state index in [1.165, 1.54) is 0 Å². The van der Waals surface area contributed by atoms with E-state index < -0.39 is 0 Å². The zero-order valence-electron chi connectivity index (χ0n) is 9.01. The number of aromatic nitrogens is 4. The number of amides is 1. The molecule has 0 bridgehead atoms. The summed E-state index contributed by atoms with van der Waals surface area (Å²) in [7, 11) is 0. The summed E-state index contributed by atoms with van der Waals surface area (Å²) in [6.45, 7) is 1.80. The summed E-state index contributed by atoms with van der Waals surface area (Å²) in [6.07, 6.45) is 0. The largest absolute Gasteiger partial charge is 0.342 e. The smallest absolute Gasteiger partial charge is 0.251 e. The van der Waals surface area contributed by atoms with Gasteiger partial charge in [-0.1, -0.05) is 5.21 Å². The molecule has 1 aromatic carbocycles. The Morgan fingerprint density at radius 1 is 1.41 bits per heavy atom. The summed E-state index contributed by atoms with van der Waals surface area (Å²) < 4.78 is 1.09. The first-order valence-corrected chi connectivity index (χ1v) is 6.04. The van der Waals surface area contributed by atoms with Gasteiger partial charge >= 0.3 is 0 Å². The number of hydrogen-bond acceptors (Lipinski definition) is 4. The zero-order valence-corrected chi connectivity index (χ0v) is 11.2. The molecule has 1 aromatic heterocycles. The van der Waals surface area contributed by atoms with Gasteiger partial charge in [0.25, 0.3) is 5.91 Å². The van der Waals surface area contributed by atoms with Crippen molar-refractivity contribution >= 4 is 28.5 Å². The lowest BCUT2D eigenvalue weighted by Crippen LogP contribution is -2.27. The molecule has 17 heavy (non-hydrogen) atoms. The highest BCUT2D eigenvalue weighted by Crippen LogP contribution is 2.09. The van der Waals surface area contributed by atoms with Crippen LogP contribution >= 0.6 is 22.6 Å². The van der Waals surface area contributed by atoms with Crippen LogP contribution < -0.4 is 5.32 Å². The molecule has 2 aromatic rings. The van der Waals surface area contributed by atoms with Crippen molar-refractivity contribution in [2.24, 2.45) is 0 Å². The van der Waals surface area contributed by atoms with Crippen LogP contribution in [0, 0.1) is 3.57 Å². The van der Waals surface area contributed by atoms with Crippen molar-refractivity contribution in [3.8, 4) is 0 Å². The van der Waals surface area contributed by atoms with Crippen LogP contribution in [-0.4, -0.2) is 26.5 Å². The second-order valence-electron chi connectivity index (χ2n) is 3.47. The van der Waals surface area contributed by atoms with Gasteiger partial charge in [0.1, 0.15) is 0 Å². The first-order chi connectivity index (χ1) is 8.16. The van der Waals surface area contributed by atoms with Crippen LogP contribution in [0.5, 0.6) is 0 Å². The van der Waals surface area contributed by atoms with Gasteiger partial charge in [-0.05, 0) is 53.8 Å². The molecule has 1 heterocycles. The highest BCUT2D eigenvalue weighted by atomic mass is 127. The molecule has 0 radical (unpaired) electrons. The molecule has 0 fully saturated rings. The number of hydrogen-bond donors (Lipinski definition) is 2. The van der Waals surface area contributed by atoms with Crippen LogP contribution in [0.4, 0.5) is 0 Å². The summed E-state index contributed by atoms with van der Waals surface area (Å²) in [5, 5.41) is 16.2. The van der Waals surface area contributed by atoms with E-state index >= 15 is 0 Å². The average molecular weight is 343 g/mol. The van der Waals surface area contributed by atoms with Gasteiger partial charge in [0.15, 0.2) is 5.82 Å². The second kappa shape index (κ2) is 5.21. The normalized spacial score (nSPS) is 12.1. The number of aromatic amines is 1. The topological polar surface area (TPSA) is 83.6 Å². The van der Waals surface area contributed by atoms with Crippen LogP contribution in [0.25, 0.3) is 0 Å². The van der Waals surface area contributed by atoms with Gasteiger partial charge in [0.05, 0.1) is 6.04 Å². The number of nitrogens with one attached hydrogen (secondary N) is 2. The lowest BCUT2D eigenvalue weighted by atomic mass is 10.2. The first kappa shape index (κ1) is 12.0. The first-order valence-electron chi connectivity index (χ1n) is 4.96. The van der Waals surface area contributed by atoms with E-state index in [4.69, 9.17) is 0 Å². The van der Waals surface area contributed by atoms with Gasteiger partial charge in [0.2, 0.25) is 0 Å². The van der Waals surface area contributed by atoms with Crippen LogP contribution in [0.2, 0.25) is 0 Å². The maximum Gasteiger partial charge on any atom is 0.251 e. The average Bonchev–Trinajstić information content (AvgIpc) is 2.83. The molecular formula is C10H10IN5O. The molecule has 88 valence electrons. The Morgan fingerprint density at radius 3 is 2.71 bits per heavy atom. The van der Waals surface area contributed by atoms with Crippen molar-refractivity contribution in [2.75, 3.05) is 0 Å². The monoisotopic (exact) mass is 343 g/mol. The highest BCUT2D eigenvalue weighted by Gasteiger charge is 2.14. The number of halogens is 1. The Morgan fingerprint density at radius 2 is 2.12 bits per heavy atom. The second-order valence-corrected chi connectivity index (χ2v) is 4.72. The van der Waals surface area contributed by atoms with Crippen LogP contribution in [-0.2, 0) is 0 Å². The van der Waals surface area contributed by atoms with E-state index in [-0.39, 0.29) is 11.9 Å². The summed E-state index contributed by atoms with van der Waals surface area (Å²) in [6, 6.07) is 7.05. The molecule has 0 saturated carbocycles. The number of H-pyrrole nitrogens is 1. The fraction of sp³-hybridized carbons (Fsp3) is 0.200. The Hall–Kier alpha value is -1.51. The van der Waals surface area contributed by atoms with E-state index in [9.17, 15) is 4.79 Å². The molecular weight excluding hydrogens is 333 g/mol. The molecule has 6 nitrogen and oxygen atoms in total. The molecule has 1 atom stereocenters. The molecule has 1 unspecified atom stereocenters. The third-order valence-electron chi connectivity index (χ3n) is 2.20. The highest BCUT2D eigenvalue weighted by molar-refractivity contribution is 14.1. The van der Waals surface area contributed by atoms with E-state index in [1.807, 2.05) is 12.1 Å². The van der Waals surface area contributed by atoms with Gasteiger partial charge in [-0.2, -0.15) is 5.21 Å². The lowest BCUT2D eigenvalue weighted by molar-refractivity contribution is 0.0938. The molecule has 1 amide bonds. The third kappa shape index (κ3) is 2.99. The van der Waals surface area contributed by atoms with Crippen LogP contribution in [0.15, 0.2) is 24.3 Å². The number of tetrazole rings is 1. The Bertz CT molecular complexity index is 496. The van der Waals surface area contributed by atoms with Gasteiger partial charge in [0, 0.05) is 9.13 Å². The Kier molecular flexibility index (Phi) is 3.67. The number of carbonyl (C=O) groups excluding carboxylic acids is 1. The quantitative estimate of drug-likeness (QED) is 0.823. The minimum Gasteiger partial charge on any atom is -0.342 e. The van der Waals surface area contributed by atoms with E-state index in [0.29, 0.717) is 11.4 Å². The Labute approximate surface area is 111 Å². The van der Waals surface area contributed by atoms with Crippen molar-refractivity contribution in [3.63, 3.8) is 0 Å². The zero-order chi connectivity index (χ0) is 12.3. The van der Waals surface area contributed by atoms with Crippen LogP contribution in [0.1, 0.15) is 29.1 Å². The fourth-order valence-corrected chi connectivity index (χ4v) is 1.66. The summed E-state index contributed by atoms with van der Waals surface area (Å²) in [4.78, 5) is 11.9. The molecule has 0 aliphatic heterocycles. The van der Waals surface area contributed by atoms with Crippen molar-refractivity contribution in [1.29, 1.82) is 0 Å². The standard InChI is InChI=1S/C10H10IN5O/c1-6(9-13-15-16-14-9)12-10(17)7-2-4-8(11)5-3-7/h2-6H,1H3,(H,12,17)(H,13,14,15,16). The number of carbonyl (C=O) groups is 1. The predicted octanol–water partition coefficient (Wildman–Crippen LogP) is 1.30. The van der Waals surface area contributed by atoms with E-state index in [0.717, 1.165) is 3.57 Å². The molecule has 0 aliphatic carbocycles. The van der Waals surface area contributed by atoms with Gasteiger partial charge in [-0.25, -0.2) is 0 Å². The third-order valence-corrected chi connectivity index (χ3v) is 2.92. The van der Waals surface area contributed by atoms with E-state index in [2.05, 4.69) is 48.5 Å². The number of rotatable bonds is 3. The van der Waals surface area contributed by atoms with Gasteiger partial charge < -0.3 is 5.32 Å². The van der Waals surface area contributed by atoms with Crippen molar-refractivity contribution in [1.82, 2.24) is 25.9 Å². The van der Waals surface area contributed by atoms with E-state index in [1.54, 1.807) is 19.1 Å². The van der Waals surface area contributed by atoms with Crippen molar-refractivity contribution in [3.05, 3.63) is 39.2 Å². The molecule has 0 saturated heterocycles. The molecule has 7 heteroatoms. The Balaban J connectivity index is 2.04. The maximum absolute atomic E-state index is 11.9. The fourth-order valence-electron chi connectivity index (χ4n) is 1.30. The van der Waals surface area contributed by atoms with Crippen molar-refractivity contribution in [2.45, 2.75) is 13.0 Å². The molecule has 0 aliphatic rings. The maximum atomic E-state index is 11.9. The number of nitrogens with zero attached hydrogens (tertiary/aromatic N) is 3. The summed E-state index contributed by atoms with van der Waals surface area (Å²) >= 11 is 2.19. The number of benzene rings is 1. The minimum absolute atomic E-state index is 0.154.